The molecule has 3 aromatic rings. The Bertz CT molecular complexity index is 1290. The van der Waals surface area contributed by atoms with Crippen molar-refractivity contribution in [1.29, 1.82) is 5.26 Å². The van der Waals surface area contributed by atoms with Gasteiger partial charge in [0, 0.05) is 5.56 Å². The molecule has 7 heteroatoms. The summed E-state index contributed by atoms with van der Waals surface area (Å²) in [5, 5.41) is 28.4. The molecule has 7 nitrogen and oxygen atoms in total. The van der Waals surface area contributed by atoms with E-state index in [1.54, 1.807) is 55.5 Å². The highest BCUT2D eigenvalue weighted by molar-refractivity contribution is 6.51. The minimum absolute atomic E-state index is 0.0376. The van der Waals surface area contributed by atoms with Gasteiger partial charge in [-0.2, -0.15) is 10.4 Å². The van der Waals surface area contributed by atoms with E-state index in [-0.39, 0.29) is 17.2 Å². The summed E-state index contributed by atoms with van der Waals surface area (Å²) < 4.78 is 0. The van der Waals surface area contributed by atoms with E-state index >= 15 is 0 Å². The highest BCUT2D eigenvalue weighted by Gasteiger charge is 2.47. The summed E-state index contributed by atoms with van der Waals surface area (Å²) >= 11 is 0. The summed E-state index contributed by atoms with van der Waals surface area (Å²) in [5.74, 6) is -1.36. The van der Waals surface area contributed by atoms with Crippen molar-refractivity contribution in [2.45, 2.75) is 32.7 Å². The lowest BCUT2D eigenvalue weighted by molar-refractivity contribution is -0.132. The fraction of sp³-hybridized carbons (Fsp3) is 0.192. The third-order valence-electron chi connectivity index (χ3n) is 5.68. The number of aliphatic hydroxyl groups excluding tert-OH is 1. The van der Waals surface area contributed by atoms with Gasteiger partial charge in [0.05, 0.1) is 28.9 Å². The number of aliphatic hydroxyl groups is 1. The number of aromatic nitrogens is 2. The highest BCUT2D eigenvalue weighted by Crippen LogP contribution is 2.41. The van der Waals surface area contributed by atoms with Crippen LogP contribution < -0.4 is 4.90 Å². The molecule has 0 saturated carbocycles. The molecule has 164 valence electrons. The van der Waals surface area contributed by atoms with E-state index in [9.17, 15) is 14.7 Å². The molecule has 1 atom stereocenters. The topological polar surface area (TPSA) is 107 Å². The van der Waals surface area contributed by atoms with Crippen molar-refractivity contribution >= 4 is 23.3 Å². The molecule has 2 heterocycles. The Labute approximate surface area is 191 Å². The van der Waals surface area contributed by atoms with E-state index in [0.29, 0.717) is 28.3 Å². The van der Waals surface area contributed by atoms with Crippen molar-refractivity contribution in [3.8, 4) is 6.07 Å². The van der Waals surface area contributed by atoms with Crippen LogP contribution in [0, 0.1) is 18.3 Å². The minimum atomic E-state index is -0.917. The highest BCUT2D eigenvalue weighted by atomic mass is 16.3. The Hall–Kier alpha value is -4.31. The van der Waals surface area contributed by atoms with Gasteiger partial charge >= 0.3 is 5.91 Å². The first kappa shape index (κ1) is 21.9. The predicted molar refractivity (Wildman–Crippen MR) is 123 cm³/mol. The molecule has 0 aliphatic carbocycles. The van der Waals surface area contributed by atoms with E-state index < -0.39 is 17.7 Å². The maximum atomic E-state index is 13.1. The van der Waals surface area contributed by atoms with Crippen molar-refractivity contribution in [2.24, 2.45) is 0 Å². The first-order valence-corrected chi connectivity index (χ1v) is 10.5. The van der Waals surface area contributed by atoms with Crippen molar-refractivity contribution in [3.63, 3.8) is 0 Å². The number of nitriles is 1. The molecule has 4 rings (SSSR count). The molecule has 33 heavy (non-hydrogen) atoms. The number of Topliss-reactive ketones (excluding diaryl/α,β-unsaturated/α-hetero) is 1. The molecule has 1 fully saturated rings. The number of hydrogen-bond donors (Lipinski definition) is 1. The van der Waals surface area contributed by atoms with E-state index in [1.807, 2.05) is 12.1 Å². The summed E-state index contributed by atoms with van der Waals surface area (Å²) in [6.45, 7) is 5.89. The zero-order valence-corrected chi connectivity index (χ0v) is 18.5. The normalized spacial score (nSPS) is 17.4. The van der Waals surface area contributed by atoms with Crippen LogP contribution in [0.5, 0.6) is 0 Å². The largest absolute Gasteiger partial charge is 0.507 e. The molecule has 0 radical (unpaired) electrons. The average molecular weight is 438 g/mol. The minimum Gasteiger partial charge on any atom is -0.507 e. The number of benzene rings is 2. The number of aryl methyl sites for hydroxylation is 1. The first-order valence-electron chi connectivity index (χ1n) is 10.5. The summed E-state index contributed by atoms with van der Waals surface area (Å²) in [5.41, 5.74) is 3.16. The van der Waals surface area contributed by atoms with Crippen molar-refractivity contribution in [3.05, 3.63) is 94.2 Å². The Morgan fingerprint density at radius 3 is 2.21 bits per heavy atom. The van der Waals surface area contributed by atoms with Gasteiger partial charge in [0.15, 0.2) is 5.82 Å². The lowest BCUT2D eigenvalue weighted by Crippen LogP contribution is -2.30. The maximum absolute atomic E-state index is 13.1. The molecule has 1 aromatic heterocycles. The molecule has 1 saturated heterocycles. The number of rotatable bonds is 4. The van der Waals surface area contributed by atoms with Crippen LogP contribution in [0.25, 0.3) is 5.76 Å². The monoisotopic (exact) mass is 438 g/mol. The second-order valence-electron chi connectivity index (χ2n) is 8.21. The third kappa shape index (κ3) is 3.99. The van der Waals surface area contributed by atoms with Gasteiger partial charge in [-0.15, -0.1) is 5.10 Å². The molecule has 0 bridgehead atoms. The van der Waals surface area contributed by atoms with Crippen LogP contribution in [0.1, 0.15) is 53.8 Å². The number of carbonyl (C=O) groups excluding carboxylic acids is 2. The number of nitrogens with zero attached hydrogens (tertiary/aromatic N) is 4. The SMILES string of the molecule is Cc1ccc(N2C(=O)C(=O)C(=C(O)c3ccc(C(C)C)cc3)C2c2ccc(C#N)cc2)nn1. The molecule has 1 aliphatic rings. The van der Waals surface area contributed by atoms with Gasteiger partial charge in [-0.25, -0.2) is 0 Å². The number of hydrogen-bond acceptors (Lipinski definition) is 6. The summed E-state index contributed by atoms with van der Waals surface area (Å²) in [7, 11) is 0. The van der Waals surface area contributed by atoms with Gasteiger partial charge in [0.25, 0.3) is 5.78 Å². The smallest absolute Gasteiger partial charge is 0.301 e. The van der Waals surface area contributed by atoms with E-state index in [1.165, 1.54) is 4.90 Å². The number of carbonyl (C=O) groups is 2. The lowest BCUT2D eigenvalue weighted by Gasteiger charge is -2.24. The Balaban J connectivity index is 1.90. The average Bonchev–Trinajstić information content (AvgIpc) is 3.09. The van der Waals surface area contributed by atoms with Gasteiger partial charge in [-0.3, -0.25) is 14.5 Å². The summed E-state index contributed by atoms with van der Waals surface area (Å²) in [4.78, 5) is 27.5. The third-order valence-corrected chi connectivity index (χ3v) is 5.68. The fourth-order valence-electron chi connectivity index (χ4n) is 3.83. The zero-order chi connectivity index (χ0) is 23.7. The van der Waals surface area contributed by atoms with E-state index in [0.717, 1.165) is 5.56 Å². The molecular formula is C26H22N4O3. The van der Waals surface area contributed by atoms with Crippen LogP contribution in [0.15, 0.2) is 66.2 Å². The van der Waals surface area contributed by atoms with Crippen LogP contribution in [0.3, 0.4) is 0 Å². The van der Waals surface area contributed by atoms with Gasteiger partial charge in [-0.1, -0.05) is 50.2 Å². The Morgan fingerprint density at radius 1 is 1.00 bits per heavy atom. The molecule has 1 aliphatic heterocycles. The number of anilines is 1. The zero-order valence-electron chi connectivity index (χ0n) is 18.5. The van der Waals surface area contributed by atoms with Crippen molar-refractivity contribution in [1.82, 2.24) is 10.2 Å². The Kier molecular flexibility index (Phi) is 5.76. The molecular weight excluding hydrogens is 416 g/mol. The quantitative estimate of drug-likeness (QED) is 0.367. The fourth-order valence-corrected chi connectivity index (χ4v) is 3.83. The Morgan fingerprint density at radius 2 is 1.67 bits per heavy atom. The molecule has 2 aromatic carbocycles. The first-order chi connectivity index (χ1) is 15.8. The summed E-state index contributed by atoms with van der Waals surface area (Å²) in [6.07, 6.45) is 0. The second-order valence-corrected chi connectivity index (χ2v) is 8.21. The van der Waals surface area contributed by atoms with Gasteiger partial charge in [-0.05, 0) is 48.2 Å². The molecule has 1 unspecified atom stereocenters. The van der Waals surface area contributed by atoms with Crippen LogP contribution in [0.4, 0.5) is 5.82 Å². The lowest BCUT2D eigenvalue weighted by atomic mass is 9.94. The van der Waals surface area contributed by atoms with E-state index in [4.69, 9.17) is 5.26 Å². The van der Waals surface area contributed by atoms with Crippen LogP contribution in [0.2, 0.25) is 0 Å². The second kappa shape index (κ2) is 8.67. The number of amides is 1. The van der Waals surface area contributed by atoms with Crippen LogP contribution in [-0.4, -0.2) is 27.0 Å². The molecule has 1 N–H and O–H groups in total. The molecule has 0 spiro atoms. The van der Waals surface area contributed by atoms with E-state index in [2.05, 4.69) is 30.1 Å². The standard InChI is InChI=1S/C26H22N4O3/c1-15(2)18-9-11-20(12-10-18)24(31)22-23(19-7-5-17(14-27)6-8-19)30(26(33)25(22)32)21-13-4-16(3)28-29-21/h4-13,15,23,31H,1-3H3. The summed E-state index contributed by atoms with van der Waals surface area (Å²) in [6, 6.07) is 18.2. The number of ketones is 1. The van der Waals surface area contributed by atoms with Gasteiger partial charge in [0.2, 0.25) is 0 Å². The van der Waals surface area contributed by atoms with Crippen LogP contribution >= 0.6 is 0 Å². The van der Waals surface area contributed by atoms with Crippen LogP contribution in [-0.2, 0) is 9.59 Å². The van der Waals surface area contributed by atoms with Gasteiger partial charge < -0.3 is 5.11 Å². The molecule has 1 amide bonds. The van der Waals surface area contributed by atoms with Crippen molar-refractivity contribution < 1.29 is 14.7 Å². The van der Waals surface area contributed by atoms with Gasteiger partial charge in [0.1, 0.15) is 5.76 Å². The predicted octanol–water partition coefficient (Wildman–Crippen LogP) is 4.41. The maximum Gasteiger partial charge on any atom is 0.301 e. The van der Waals surface area contributed by atoms with Crippen molar-refractivity contribution in [2.75, 3.05) is 4.90 Å².